The highest BCUT2D eigenvalue weighted by Gasteiger charge is 2.21. The average Bonchev–Trinajstić information content (AvgIpc) is 3.07. The highest BCUT2D eigenvalue weighted by atomic mass is 35.5. The van der Waals surface area contributed by atoms with Crippen LogP contribution in [0.2, 0.25) is 5.02 Å². The number of aromatic nitrogens is 2. The van der Waals surface area contributed by atoms with E-state index in [1.807, 2.05) is 18.2 Å². The number of nitrogens with zero attached hydrogens (tertiary/aromatic N) is 3. The van der Waals surface area contributed by atoms with E-state index >= 15 is 0 Å². The number of para-hydroxylation sites is 1. The molecule has 1 aliphatic heterocycles. The van der Waals surface area contributed by atoms with Crippen LogP contribution in [0.4, 0.5) is 0 Å². The number of halogens is 2. The molecule has 1 atom stereocenters. The Morgan fingerprint density at radius 2 is 2.05 bits per heavy atom. The van der Waals surface area contributed by atoms with Crippen molar-refractivity contribution in [1.29, 1.82) is 0 Å². The summed E-state index contributed by atoms with van der Waals surface area (Å²) in [7, 11) is 0. The third kappa shape index (κ3) is 2.54. The van der Waals surface area contributed by atoms with E-state index in [0.717, 1.165) is 28.4 Å². The van der Waals surface area contributed by atoms with Crippen LogP contribution in [0.15, 0.2) is 18.2 Å². The highest BCUT2D eigenvalue weighted by molar-refractivity contribution is 6.35. The van der Waals surface area contributed by atoms with E-state index in [1.54, 1.807) is 0 Å². The van der Waals surface area contributed by atoms with E-state index in [1.165, 1.54) is 25.9 Å². The monoisotopic (exact) mass is 311 g/mol. The van der Waals surface area contributed by atoms with Crippen LogP contribution in [0.3, 0.4) is 0 Å². The molecule has 108 valence electrons. The van der Waals surface area contributed by atoms with Gasteiger partial charge in [-0.15, -0.1) is 11.6 Å². The van der Waals surface area contributed by atoms with Gasteiger partial charge in [-0.2, -0.15) is 0 Å². The van der Waals surface area contributed by atoms with Gasteiger partial charge in [-0.1, -0.05) is 17.7 Å². The third-order valence-corrected chi connectivity index (χ3v) is 4.67. The molecule has 0 spiro atoms. The normalized spacial score (nSPS) is 17.9. The number of alkyl halides is 1. The van der Waals surface area contributed by atoms with Crippen molar-refractivity contribution in [2.45, 2.75) is 38.2 Å². The van der Waals surface area contributed by atoms with Crippen molar-refractivity contribution in [2.24, 2.45) is 0 Å². The van der Waals surface area contributed by atoms with E-state index < -0.39 is 0 Å². The average molecular weight is 312 g/mol. The van der Waals surface area contributed by atoms with Gasteiger partial charge in [0, 0.05) is 12.6 Å². The van der Waals surface area contributed by atoms with Crippen LogP contribution >= 0.6 is 23.2 Å². The Morgan fingerprint density at radius 3 is 2.75 bits per heavy atom. The van der Waals surface area contributed by atoms with Crippen LogP contribution in [0.1, 0.15) is 25.6 Å². The molecule has 0 saturated carbocycles. The van der Waals surface area contributed by atoms with Gasteiger partial charge in [-0.05, 0) is 45.0 Å². The Balaban J connectivity index is 1.96. The molecule has 0 bridgehead atoms. The number of benzene rings is 1. The van der Waals surface area contributed by atoms with Gasteiger partial charge >= 0.3 is 0 Å². The van der Waals surface area contributed by atoms with Gasteiger partial charge in [-0.25, -0.2) is 4.98 Å². The molecule has 2 heterocycles. The molecular weight excluding hydrogens is 293 g/mol. The number of fused-ring (bicyclic) bond motifs is 1. The Hall–Kier alpha value is -0.770. The van der Waals surface area contributed by atoms with Gasteiger partial charge in [0.1, 0.15) is 5.82 Å². The van der Waals surface area contributed by atoms with Crippen molar-refractivity contribution in [3.05, 3.63) is 29.0 Å². The van der Waals surface area contributed by atoms with Crippen LogP contribution in [-0.4, -0.2) is 33.6 Å². The summed E-state index contributed by atoms with van der Waals surface area (Å²) in [5.74, 6) is 1.32. The Kier molecular flexibility index (Phi) is 4.20. The fourth-order valence-corrected chi connectivity index (χ4v) is 3.53. The molecule has 1 saturated heterocycles. The minimum atomic E-state index is 0.414. The molecule has 1 unspecified atom stereocenters. The van der Waals surface area contributed by atoms with Crippen molar-refractivity contribution in [1.82, 2.24) is 14.5 Å². The predicted molar refractivity (Wildman–Crippen MR) is 84.6 cm³/mol. The summed E-state index contributed by atoms with van der Waals surface area (Å²) in [6.45, 7) is 5.55. The Labute approximate surface area is 129 Å². The minimum absolute atomic E-state index is 0.414. The summed E-state index contributed by atoms with van der Waals surface area (Å²) >= 11 is 12.4. The van der Waals surface area contributed by atoms with E-state index in [0.29, 0.717) is 11.9 Å². The van der Waals surface area contributed by atoms with Crippen molar-refractivity contribution in [2.75, 3.05) is 13.1 Å². The van der Waals surface area contributed by atoms with Crippen molar-refractivity contribution in [3.8, 4) is 0 Å². The van der Waals surface area contributed by atoms with Gasteiger partial charge in [0.05, 0.1) is 21.9 Å². The van der Waals surface area contributed by atoms with E-state index in [-0.39, 0.29) is 0 Å². The summed E-state index contributed by atoms with van der Waals surface area (Å²) in [5, 5.41) is 0.750. The molecule has 20 heavy (non-hydrogen) atoms. The summed E-state index contributed by atoms with van der Waals surface area (Å²) in [5.41, 5.74) is 1.94. The molecule has 3 rings (SSSR count). The molecule has 1 aliphatic rings. The molecule has 5 heteroatoms. The van der Waals surface area contributed by atoms with Gasteiger partial charge in [0.15, 0.2) is 0 Å². The number of rotatable bonds is 4. The van der Waals surface area contributed by atoms with Gasteiger partial charge in [0.25, 0.3) is 0 Å². The zero-order valence-corrected chi connectivity index (χ0v) is 13.2. The number of hydrogen-bond donors (Lipinski definition) is 0. The highest BCUT2D eigenvalue weighted by Crippen LogP contribution is 2.26. The molecular formula is C15H19Cl2N3. The van der Waals surface area contributed by atoms with Crippen LogP contribution in [0.5, 0.6) is 0 Å². The van der Waals surface area contributed by atoms with Crippen LogP contribution in [0.25, 0.3) is 11.0 Å². The molecule has 0 radical (unpaired) electrons. The van der Waals surface area contributed by atoms with Crippen LogP contribution in [0, 0.1) is 0 Å². The molecule has 1 fully saturated rings. The fourth-order valence-electron chi connectivity index (χ4n) is 3.05. The van der Waals surface area contributed by atoms with Gasteiger partial charge < -0.3 is 4.57 Å². The van der Waals surface area contributed by atoms with E-state index in [4.69, 9.17) is 23.2 Å². The first kappa shape index (κ1) is 14.2. The van der Waals surface area contributed by atoms with E-state index in [9.17, 15) is 0 Å². The second kappa shape index (κ2) is 5.92. The Morgan fingerprint density at radius 1 is 1.30 bits per heavy atom. The van der Waals surface area contributed by atoms with Crippen molar-refractivity contribution < 1.29 is 0 Å². The second-order valence-electron chi connectivity index (χ2n) is 5.47. The summed E-state index contributed by atoms with van der Waals surface area (Å²) < 4.78 is 2.19. The van der Waals surface area contributed by atoms with E-state index in [2.05, 4.69) is 21.4 Å². The fraction of sp³-hybridized carbons (Fsp3) is 0.533. The lowest BCUT2D eigenvalue weighted by atomic mass is 10.2. The maximum atomic E-state index is 6.36. The maximum absolute atomic E-state index is 6.36. The standard InChI is InChI=1S/C15H19Cl2N3/c1-11(19-7-2-3-8-19)10-20-14(9-16)18-13-6-4-5-12(17)15(13)20/h4-6,11H,2-3,7-10H2,1H3. The lowest BCUT2D eigenvalue weighted by Gasteiger charge is -2.25. The van der Waals surface area contributed by atoms with Gasteiger partial charge in [0.2, 0.25) is 0 Å². The largest absolute Gasteiger partial charge is 0.324 e. The van der Waals surface area contributed by atoms with Crippen molar-refractivity contribution in [3.63, 3.8) is 0 Å². The number of imidazole rings is 1. The number of likely N-dealkylation sites (tertiary alicyclic amines) is 1. The minimum Gasteiger partial charge on any atom is -0.324 e. The quantitative estimate of drug-likeness (QED) is 0.798. The topological polar surface area (TPSA) is 21.1 Å². The lowest BCUT2D eigenvalue weighted by molar-refractivity contribution is 0.236. The summed E-state index contributed by atoms with van der Waals surface area (Å²) in [6, 6.07) is 6.33. The molecule has 2 aromatic rings. The van der Waals surface area contributed by atoms with Crippen LogP contribution < -0.4 is 0 Å². The first-order valence-corrected chi connectivity index (χ1v) is 8.05. The third-order valence-electron chi connectivity index (χ3n) is 4.13. The Bertz CT molecular complexity index is 602. The molecule has 0 N–H and O–H groups in total. The molecule has 0 amide bonds. The van der Waals surface area contributed by atoms with Gasteiger partial charge in [-0.3, -0.25) is 4.90 Å². The van der Waals surface area contributed by atoms with Crippen LogP contribution in [-0.2, 0) is 12.4 Å². The summed E-state index contributed by atoms with van der Waals surface area (Å²) in [6.07, 6.45) is 2.61. The zero-order chi connectivity index (χ0) is 14.1. The predicted octanol–water partition coefficient (Wildman–Crippen LogP) is 3.91. The first-order valence-electron chi connectivity index (χ1n) is 7.14. The SMILES string of the molecule is CC(Cn1c(CCl)nc2cccc(Cl)c21)N1CCCC1. The molecule has 1 aromatic carbocycles. The molecule has 1 aromatic heterocycles. The molecule has 0 aliphatic carbocycles. The van der Waals surface area contributed by atoms with Crippen molar-refractivity contribution >= 4 is 34.2 Å². The second-order valence-corrected chi connectivity index (χ2v) is 6.15. The molecule has 3 nitrogen and oxygen atoms in total. The number of hydrogen-bond acceptors (Lipinski definition) is 2. The smallest absolute Gasteiger partial charge is 0.124 e. The first-order chi connectivity index (χ1) is 9.70. The zero-order valence-electron chi connectivity index (χ0n) is 11.6. The summed E-state index contributed by atoms with van der Waals surface area (Å²) in [4.78, 5) is 7.13. The maximum Gasteiger partial charge on any atom is 0.124 e. The lowest BCUT2D eigenvalue weighted by Crippen LogP contribution is -2.34.